The summed E-state index contributed by atoms with van der Waals surface area (Å²) in [4.78, 5) is 28.3. The number of ether oxygens (including phenoxy) is 1. The SMILES string of the molecule is NS(=O)(=O)c1cccc(Nc2ccc(/C=C/C(=O)OCC(=O)Nc3nc4ccccc4s3)cc2)c1. The highest BCUT2D eigenvalue weighted by Gasteiger charge is 2.10. The lowest BCUT2D eigenvalue weighted by Crippen LogP contribution is -2.19. The molecular weight excluding hydrogens is 488 g/mol. The van der Waals surface area contributed by atoms with Crippen LogP contribution in [0.5, 0.6) is 0 Å². The number of aromatic nitrogens is 1. The number of fused-ring (bicyclic) bond motifs is 1. The Hall–Kier alpha value is -4.06. The van der Waals surface area contributed by atoms with E-state index in [1.807, 2.05) is 24.3 Å². The minimum absolute atomic E-state index is 0.00864. The minimum Gasteiger partial charge on any atom is -0.452 e. The maximum absolute atomic E-state index is 12.0. The molecule has 11 heteroatoms. The average Bonchev–Trinajstić information content (AvgIpc) is 3.24. The van der Waals surface area contributed by atoms with Crippen molar-refractivity contribution in [1.29, 1.82) is 0 Å². The lowest BCUT2D eigenvalue weighted by molar-refractivity contribution is -0.142. The zero-order valence-corrected chi connectivity index (χ0v) is 19.8. The number of benzene rings is 3. The molecule has 4 aromatic rings. The van der Waals surface area contributed by atoms with Gasteiger partial charge < -0.3 is 10.1 Å². The Labute approximate surface area is 205 Å². The van der Waals surface area contributed by atoms with Gasteiger partial charge in [-0.2, -0.15) is 0 Å². The van der Waals surface area contributed by atoms with E-state index in [0.29, 0.717) is 16.5 Å². The summed E-state index contributed by atoms with van der Waals surface area (Å²) in [5.41, 5.74) is 2.78. The maximum atomic E-state index is 12.0. The van der Waals surface area contributed by atoms with Gasteiger partial charge in [-0.25, -0.2) is 23.3 Å². The summed E-state index contributed by atoms with van der Waals surface area (Å²) in [5, 5.41) is 11.3. The monoisotopic (exact) mass is 508 g/mol. The molecule has 1 aromatic heterocycles. The van der Waals surface area contributed by atoms with Gasteiger partial charge >= 0.3 is 5.97 Å². The number of sulfonamides is 1. The zero-order valence-electron chi connectivity index (χ0n) is 18.2. The number of nitrogens with two attached hydrogens (primary N) is 1. The van der Waals surface area contributed by atoms with Crippen molar-refractivity contribution in [1.82, 2.24) is 4.98 Å². The second-order valence-corrected chi connectivity index (χ2v) is 9.89. The first-order chi connectivity index (χ1) is 16.8. The van der Waals surface area contributed by atoms with Crippen molar-refractivity contribution in [2.75, 3.05) is 17.2 Å². The number of hydrogen-bond acceptors (Lipinski definition) is 8. The highest BCUT2D eigenvalue weighted by Crippen LogP contribution is 2.25. The Morgan fingerprint density at radius 2 is 1.77 bits per heavy atom. The molecule has 9 nitrogen and oxygen atoms in total. The number of nitrogens with one attached hydrogen (secondary N) is 2. The summed E-state index contributed by atoms with van der Waals surface area (Å²) in [6.45, 7) is -0.431. The van der Waals surface area contributed by atoms with Gasteiger partial charge in [-0.15, -0.1) is 0 Å². The summed E-state index contributed by atoms with van der Waals surface area (Å²) in [6.07, 6.45) is 2.78. The highest BCUT2D eigenvalue weighted by atomic mass is 32.2. The molecule has 0 saturated carbocycles. The van der Waals surface area contributed by atoms with E-state index in [1.165, 1.54) is 29.5 Å². The first-order valence-corrected chi connectivity index (χ1v) is 12.6. The van der Waals surface area contributed by atoms with Crippen LogP contribution in [0.2, 0.25) is 0 Å². The Morgan fingerprint density at radius 1 is 1.00 bits per heavy atom. The standard InChI is InChI=1S/C24H20N4O5S2/c25-35(31,32)19-5-3-4-18(14-19)26-17-11-8-16(9-12-17)10-13-23(30)33-15-22(29)28-24-27-20-6-1-2-7-21(20)34-24/h1-14,26H,15H2,(H2,25,31,32)(H,27,28,29)/b13-10+. The van der Waals surface area contributed by atoms with Crippen molar-refractivity contribution in [3.8, 4) is 0 Å². The molecular formula is C24H20N4O5S2. The number of thiazole rings is 1. The van der Waals surface area contributed by atoms with Crippen LogP contribution >= 0.6 is 11.3 Å². The highest BCUT2D eigenvalue weighted by molar-refractivity contribution is 7.89. The lowest BCUT2D eigenvalue weighted by atomic mass is 10.2. The van der Waals surface area contributed by atoms with Crippen LogP contribution in [-0.4, -0.2) is 31.9 Å². The fourth-order valence-corrected chi connectivity index (χ4v) is 4.47. The second-order valence-electron chi connectivity index (χ2n) is 7.30. The third-order valence-corrected chi connectivity index (χ3v) is 6.52. The summed E-state index contributed by atoms with van der Waals surface area (Å²) < 4.78 is 28.9. The molecule has 0 unspecified atom stereocenters. The maximum Gasteiger partial charge on any atom is 0.331 e. The number of hydrogen-bond donors (Lipinski definition) is 3. The molecule has 4 rings (SSSR count). The molecule has 0 bridgehead atoms. The predicted molar refractivity (Wildman–Crippen MR) is 136 cm³/mol. The topological polar surface area (TPSA) is 140 Å². The van der Waals surface area contributed by atoms with Crippen LogP contribution < -0.4 is 15.8 Å². The number of anilines is 3. The van der Waals surface area contributed by atoms with E-state index < -0.39 is 28.5 Å². The minimum atomic E-state index is -3.79. The van der Waals surface area contributed by atoms with Crippen molar-refractivity contribution in [2.24, 2.45) is 5.14 Å². The van der Waals surface area contributed by atoms with E-state index in [0.717, 1.165) is 15.8 Å². The molecule has 0 aliphatic heterocycles. The fraction of sp³-hybridized carbons (Fsp3) is 0.0417. The number of amides is 1. The van der Waals surface area contributed by atoms with Gasteiger partial charge in [-0.05, 0) is 54.1 Å². The number of para-hydroxylation sites is 1. The molecule has 35 heavy (non-hydrogen) atoms. The molecule has 0 atom stereocenters. The second kappa shape index (κ2) is 10.5. The van der Waals surface area contributed by atoms with E-state index in [4.69, 9.17) is 9.88 Å². The first kappa shape index (κ1) is 24.1. The van der Waals surface area contributed by atoms with E-state index in [-0.39, 0.29) is 4.90 Å². The Kier molecular flexibility index (Phi) is 7.20. The van der Waals surface area contributed by atoms with Gasteiger partial charge in [0.25, 0.3) is 5.91 Å². The smallest absolute Gasteiger partial charge is 0.331 e. The summed E-state index contributed by atoms with van der Waals surface area (Å²) in [5.74, 6) is -1.14. The van der Waals surface area contributed by atoms with Crippen molar-refractivity contribution < 1.29 is 22.7 Å². The van der Waals surface area contributed by atoms with Crippen LogP contribution in [0, 0.1) is 0 Å². The number of carbonyl (C=O) groups excluding carboxylic acids is 2. The van der Waals surface area contributed by atoms with Crippen LogP contribution in [-0.2, 0) is 24.3 Å². The summed E-state index contributed by atoms with van der Waals surface area (Å²) in [6, 6.07) is 20.7. The van der Waals surface area contributed by atoms with E-state index in [9.17, 15) is 18.0 Å². The molecule has 0 radical (unpaired) electrons. The van der Waals surface area contributed by atoms with Gasteiger partial charge in [-0.1, -0.05) is 41.7 Å². The normalized spacial score (nSPS) is 11.5. The molecule has 4 N–H and O–H groups in total. The van der Waals surface area contributed by atoms with E-state index >= 15 is 0 Å². The van der Waals surface area contributed by atoms with E-state index in [2.05, 4.69) is 15.6 Å². The van der Waals surface area contributed by atoms with Gasteiger partial charge in [0.05, 0.1) is 15.1 Å². The molecule has 0 aliphatic carbocycles. The number of rotatable bonds is 8. The van der Waals surface area contributed by atoms with Gasteiger partial charge in [-0.3, -0.25) is 10.1 Å². The third kappa shape index (κ3) is 6.73. The van der Waals surface area contributed by atoms with Crippen molar-refractivity contribution >= 4 is 66.0 Å². The Bertz CT molecular complexity index is 1480. The largest absolute Gasteiger partial charge is 0.452 e. The van der Waals surface area contributed by atoms with E-state index in [1.54, 1.807) is 42.5 Å². The predicted octanol–water partition coefficient (Wildman–Crippen LogP) is 3.88. The average molecular weight is 509 g/mol. The van der Waals surface area contributed by atoms with Gasteiger partial charge in [0, 0.05) is 17.5 Å². The summed E-state index contributed by atoms with van der Waals surface area (Å²) >= 11 is 1.34. The molecule has 0 saturated heterocycles. The molecule has 178 valence electrons. The van der Waals surface area contributed by atoms with Crippen LogP contribution in [0.4, 0.5) is 16.5 Å². The van der Waals surface area contributed by atoms with Gasteiger partial charge in [0.15, 0.2) is 11.7 Å². The van der Waals surface area contributed by atoms with Crippen LogP contribution in [0.3, 0.4) is 0 Å². The third-order valence-electron chi connectivity index (χ3n) is 4.66. The van der Waals surface area contributed by atoms with Crippen molar-refractivity contribution in [3.05, 3.63) is 84.4 Å². The number of nitrogens with zero attached hydrogens (tertiary/aromatic N) is 1. The fourth-order valence-electron chi connectivity index (χ4n) is 3.03. The Morgan fingerprint density at radius 3 is 2.51 bits per heavy atom. The molecule has 1 heterocycles. The molecule has 0 spiro atoms. The van der Waals surface area contributed by atoms with Crippen LogP contribution in [0.25, 0.3) is 16.3 Å². The summed E-state index contributed by atoms with van der Waals surface area (Å²) in [7, 11) is -3.79. The van der Waals surface area contributed by atoms with Gasteiger partial charge in [0.2, 0.25) is 10.0 Å². The lowest BCUT2D eigenvalue weighted by Gasteiger charge is -2.08. The van der Waals surface area contributed by atoms with Crippen molar-refractivity contribution in [2.45, 2.75) is 4.90 Å². The molecule has 0 aliphatic rings. The number of carbonyl (C=O) groups is 2. The molecule has 1 amide bonds. The molecule has 3 aromatic carbocycles. The zero-order chi connectivity index (χ0) is 24.8. The van der Waals surface area contributed by atoms with Gasteiger partial charge in [0.1, 0.15) is 0 Å². The van der Waals surface area contributed by atoms with Crippen LogP contribution in [0.1, 0.15) is 5.56 Å². The quantitative estimate of drug-likeness (QED) is 0.242. The number of primary sulfonamides is 1. The number of esters is 1. The van der Waals surface area contributed by atoms with Crippen LogP contribution in [0.15, 0.2) is 83.8 Å². The Balaban J connectivity index is 1.27. The van der Waals surface area contributed by atoms with Crippen molar-refractivity contribution in [3.63, 3.8) is 0 Å². The first-order valence-electron chi connectivity index (χ1n) is 10.3. The molecule has 0 fully saturated rings.